The van der Waals surface area contributed by atoms with Crippen molar-refractivity contribution in [2.24, 2.45) is 7.05 Å². The van der Waals surface area contributed by atoms with E-state index in [1.165, 1.54) is 12.4 Å². The molecular weight excluding hydrogens is 482 g/mol. The predicted octanol–water partition coefficient (Wildman–Crippen LogP) is 4.63. The number of hydrogen-bond acceptors (Lipinski definition) is 8. The Morgan fingerprint density at radius 1 is 1.16 bits per heavy atom. The molecule has 0 aliphatic rings. The van der Waals surface area contributed by atoms with Crippen molar-refractivity contribution in [3.05, 3.63) is 61.6 Å². The number of fused-ring (bicyclic) bond motifs is 1. The molecule has 0 saturated carbocycles. The van der Waals surface area contributed by atoms with Gasteiger partial charge in [-0.2, -0.15) is 5.10 Å². The van der Waals surface area contributed by atoms with E-state index in [4.69, 9.17) is 9.47 Å². The minimum Gasteiger partial charge on any atom is -0.494 e. The van der Waals surface area contributed by atoms with E-state index in [1.807, 2.05) is 49.2 Å². The number of nitrogens with zero attached hydrogens (tertiary/aromatic N) is 5. The third-order valence-electron chi connectivity index (χ3n) is 6.30. The van der Waals surface area contributed by atoms with Crippen LogP contribution >= 0.6 is 0 Å². The van der Waals surface area contributed by atoms with E-state index in [0.717, 1.165) is 28.7 Å². The van der Waals surface area contributed by atoms with Crippen molar-refractivity contribution in [1.82, 2.24) is 24.6 Å². The Morgan fingerprint density at radius 2 is 1.97 bits per heavy atom. The fourth-order valence-corrected chi connectivity index (χ4v) is 3.83. The summed E-state index contributed by atoms with van der Waals surface area (Å²) >= 11 is 0. The van der Waals surface area contributed by atoms with Crippen molar-refractivity contribution in [3.63, 3.8) is 0 Å². The molecule has 10 nitrogen and oxygen atoms in total. The number of methoxy groups -OCH3 is 1. The molecule has 2 heterocycles. The molecule has 0 bridgehead atoms. The number of benzene rings is 2. The summed E-state index contributed by atoms with van der Waals surface area (Å²) in [5.41, 5.74) is 3.82. The van der Waals surface area contributed by atoms with Crippen molar-refractivity contribution < 1.29 is 14.3 Å². The molecule has 2 N–H and O–H groups in total. The number of aryl methyl sites for hydroxylation is 1. The van der Waals surface area contributed by atoms with Crippen molar-refractivity contribution >= 4 is 34.0 Å². The van der Waals surface area contributed by atoms with Crippen LogP contribution in [-0.4, -0.2) is 63.9 Å². The predicted molar refractivity (Wildman–Crippen MR) is 150 cm³/mol. The summed E-state index contributed by atoms with van der Waals surface area (Å²) in [7, 11) is 5.52. The third-order valence-corrected chi connectivity index (χ3v) is 6.30. The molecule has 0 saturated heterocycles. The van der Waals surface area contributed by atoms with Crippen molar-refractivity contribution in [2.45, 2.75) is 19.9 Å². The van der Waals surface area contributed by atoms with Crippen LogP contribution in [0.15, 0.2) is 61.6 Å². The van der Waals surface area contributed by atoms with Crippen LogP contribution in [0.3, 0.4) is 0 Å². The van der Waals surface area contributed by atoms with Gasteiger partial charge in [-0.15, -0.1) is 0 Å². The second kappa shape index (κ2) is 11.7. The number of carbonyl (C=O) groups excluding carboxylic acids is 1. The van der Waals surface area contributed by atoms with Crippen LogP contribution in [0.2, 0.25) is 0 Å². The molecule has 198 valence electrons. The number of ether oxygens (including phenoxy) is 2. The summed E-state index contributed by atoms with van der Waals surface area (Å²) in [6.45, 7) is 8.96. The Kier molecular flexibility index (Phi) is 8.22. The Morgan fingerprint density at radius 3 is 2.71 bits per heavy atom. The van der Waals surface area contributed by atoms with Gasteiger partial charge in [0.25, 0.3) is 0 Å². The van der Waals surface area contributed by atoms with Gasteiger partial charge in [0.1, 0.15) is 30.3 Å². The Bertz CT molecular complexity index is 1450. The van der Waals surface area contributed by atoms with E-state index in [0.29, 0.717) is 41.3 Å². The monoisotopic (exact) mass is 515 g/mol. The summed E-state index contributed by atoms with van der Waals surface area (Å²) in [5, 5.41) is 11.4. The van der Waals surface area contributed by atoms with Crippen molar-refractivity contribution in [2.75, 3.05) is 37.9 Å². The highest BCUT2D eigenvalue weighted by Gasteiger charge is 2.15. The van der Waals surface area contributed by atoms with E-state index >= 15 is 0 Å². The highest BCUT2D eigenvalue weighted by molar-refractivity contribution is 6.00. The number of aromatic nitrogens is 4. The first-order valence-electron chi connectivity index (χ1n) is 12.3. The van der Waals surface area contributed by atoms with Crippen LogP contribution in [0.5, 0.6) is 11.5 Å². The lowest BCUT2D eigenvalue weighted by molar-refractivity contribution is -0.111. The summed E-state index contributed by atoms with van der Waals surface area (Å²) in [5.74, 6) is 1.24. The second-order valence-corrected chi connectivity index (χ2v) is 9.12. The average Bonchev–Trinajstić information content (AvgIpc) is 3.29. The highest BCUT2D eigenvalue weighted by atomic mass is 16.5. The molecule has 10 heteroatoms. The normalized spacial score (nSPS) is 11.1. The molecule has 4 rings (SSSR count). The first-order valence-corrected chi connectivity index (χ1v) is 12.3. The van der Waals surface area contributed by atoms with E-state index in [2.05, 4.69) is 51.0 Å². The smallest absolute Gasteiger partial charge is 0.247 e. The minimum atomic E-state index is -0.347. The molecule has 1 amide bonds. The lowest BCUT2D eigenvalue weighted by atomic mass is 10.1. The van der Waals surface area contributed by atoms with Gasteiger partial charge in [-0.25, -0.2) is 9.97 Å². The maximum atomic E-state index is 12.2. The summed E-state index contributed by atoms with van der Waals surface area (Å²) in [6.07, 6.45) is 4.54. The number of amides is 1. The third kappa shape index (κ3) is 6.09. The van der Waals surface area contributed by atoms with Gasteiger partial charge in [0.05, 0.1) is 35.9 Å². The average molecular weight is 516 g/mol. The number of rotatable bonds is 11. The van der Waals surface area contributed by atoms with E-state index in [1.54, 1.807) is 19.2 Å². The molecule has 0 atom stereocenters. The lowest BCUT2D eigenvalue weighted by Crippen LogP contribution is -2.30. The fraction of sp³-hybridized carbons (Fsp3) is 0.286. The molecule has 38 heavy (non-hydrogen) atoms. The molecule has 0 fully saturated rings. The number of nitrogens with one attached hydrogen (secondary N) is 2. The molecule has 2 aromatic carbocycles. The van der Waals surface area contributed by atoms with Gasteiger partial charge >= 0.3 is 0 Å². The summed E-state index contributed by atoms with van der Waals surface area (Å²) < 4.78 is 13.5. The SMILES string of the molecule is C=CC(=O)Nc1cc(Nc2cc(-c3ccc4c(cnn4C)c3)ncn2)c(OC)cc1OCCN(C)C(C)C. The summed E-state index contributed by atoms with van der Waals surface area (Å²) in [4.78, 5) is 23.2. The number of hydrogen-bond donors (Lipinski definition) is 2. The zero-order valence-corrected chi connectivity index (χ0v) is 22.4. The van der Waals surface area contributed by atoms with Crippen LogP contribution in [0, 0.1) is 0 Å². The zero-order chi connectivity index (χ0) is 27.2. The van der Waals surface area contributed by atoms with E-state index in [-0.39, 0.29) is 5.91 Å². The van der Waals surface area contributed by atoms with Gasteiger partial charge in [0.2, 0.25) is 5.91 Å². The molecule has 0 aliphatic heterocycles. The first kappa shape index (κ1) is 26.6. The number of carbonyl (C=O) groups is 1. The minimum absolute atomic E-state index is 0.347. The quantitative estimate of drug-likeness (QED) is 0.279. The maximum absolute atomic E-state index is 12.2. The van der Waals surface area contributed by atoms with Gasteiger partial charge in [-0.3, -0.25) is 9.48 Å². The largest absolute Gasteiger partial charge is 0.494 e. The van der Waals surface area contributed by atoms with Crippen molar-refractivity contribution in [3.8, 4) is 22.8 Å². The first-order chi connectivity index (χ1) is 18.3. The Balaban J connectivity index is 1.62. The van der Waals surface area contributed by atoms with Crippen LogP contribution < -0.4 is 20.1 Å². The zero-order valence-electron chi connectivity index (χ0n) is 22.4. The van der Waals surface area contributed by atoms with Crippen LogP contribution in [-0.2, 0) is 11.8 Å². The van der Waals surface area contributed by atoms with Gasteiger partial charge in [-0.1, -0.05) is 12.6 Å². The maximum Gasteiger partial charge on any atom is 0.247 e. The Labute approximate surface area is 222 Å². The molecule has 4 aromatic rings. The summed E-state index contributed by atoms with van der Waals surface area (Å²) in [6, 6.07) is 11.8. The van der Waals surface area contributed by atoms with Crippen LogP contribution in [0.25, 0.3) is 22.2 Å². The number of anilines is 3. The van der Waals surface area contributed by atoms with E-state index < -0.39 is 0 Å². The highest BCUT2D eigenvalue weighted by Crippen LogP contribution is 2.38. The molecule has 2 aromatic heterocycles. The fourth-order valence-electron chi connectivity index (χ4n) is 3.83. The molecule has 0 aliphatic carbocycles. The number of likely N-dealkylation sites (N-methyl/N-ethyl adjacent to an activating group) is 1. The van der Waals surface area contributed by atoms with Crippen LogP contribution in [0.4, 0.5) is 17.2 Å². The molecular formula is C28H33N7O3. The lowest BCUT2D eigenvalue weighted by Gasteiger charge is -2.22. The van der Waals surface area contributed by atoms with Gasteiger partial charge in [0.15, 0.2) is 0 Å². The molecule has 0 unspecified atom stereocenters. The topological polar surface area (TPSA) is 106 Å². The van der Waals surface area contributed by atoms with Crippen LogP contribution in [0.1, 0.15) is 13.8 Å². The standard InChI is InChI=1S/C28H33N7O3/c1-7-28(36)33-23-13-22(25(37-6)15-26(23)38-11-10-34(4)18(2)3)32-27-14-21(29-17-30-27)19-8-9-24-20(12-19)16-31-35(24)5/h7-9,12-18H,1,10-11H2,2-6H3,(H,33,36)(H,29,30,32). The van der Waals surface area contributed by atoms with Crippen molar-refractivity contribution in [1.29, 1.82) is 0 Å². The van der Waals surface area contributed by atoms with Gasteiger partial charge in [-0.05, 0) is 45.2 Å². The Hall–Kier alpha value is -4.44. The van der Waals surface area contributed by atoms with E-state index in [9.17, 15) is 4.79 Å². The molecule has 0 radical (unpaired) electrons. The van der Waals surface area contributed by atoms with Gasteiger partial charge < -0.3 is 25.0 Å². The second-order valence-electron chi connectivity index (χ2n) is 9.12. The molecule has 0 spiro atoms. The van der Waals surface area contributed by atoms with Gasteiger partial charge in [0, 0.05) is 42.7 Å².